The number of carbonyl (C=O) groups excluding carboxylic acids is 2. The van der Waals surface area contributed by atoms with Crippen LogP contribution in [0.4, 0.5) is 10.1 Å². The zero-order valence-electron chi connectivity index (χ0n) is 17.4. The molecule has 0 unspecified atom stereocenters. The zero-order valence-corrected chi connectivity index (χ0v) is 17.4. The second-order valence-corrected chi connectivity index (χ2v) is 7.12. The normalized spacial score (nSPS) is 10.5. The summed E-state index contributed by atoms with van der Waals surface area (Å²) in [5, 5.41) is 2.73. The van der Waals surface area contributed by atoms with Gasteiger partial charge in [-0.2, -0.15) is 0 Å². The molecule has 0 bridgehead atoms. The number of nitrogens with one attached hydrogen (secondary N) is 1. The van der Waals surface area contributed by atoms with E-state index in [0.717, 1.165) is 11.3 Å². The van der Waals surface area contributed by atoms with E-state index in [1.807, 2.05) is 30.3 Å². The minimum Gasteiger partial charge on any atom is -0.487 e. The predicted molar refractivity (Wildman–Crippen MR) is 121 cm³/mol. The summed E-state index contributed by atoms with van der Waals surface area (Å²) in [6.45, 7) is -0.132. The molecular weight excluding hydrogens is 423 g/mol. The Bertz CT molecular complexity index is 1290. The highest BCUT2D eigenvalue weighted by Gasteiger charge is 2.11. The van der Waals surface area contributed by atoms with Gasteiger partial charge in [0.1, 0.15) is 18.2 Å². The average molecular weight is 442 g/mol. The lowest BCUT2D eigenvalue weighted by Gasteiger charge is -2.11. The first kappa shape index (κ1) is 21.6. The van der Waals surface area contributed by atoms with Crippen LogP contribution in [0.5, 0.6) is 5.75 Å². The van der Waals surface area contributed by atoms with Gasteiger partial charge in [-0.3, -0.25) is 19.6 Å². The quantitative estimate of drug-likeness (QED) is 0.446. The highest BCUT2D eigenvalue weighted by atomic mass is 19.1. The van der Waals surface area contributed by atoms with Crippen molar-refractivity contribution in [3.05, 3.63) is 108 Å². The number of nitrogens with two attached hydrogens (primary N) is 1. The van der Waals surface area contributed by atoms with Gasteiger partial charge in [0.2, 0.25) is 5.91 Å². The lowest BCUT2D eigenvalue weighted by Crippen LogP contribution is -2.13. The summed E-state index contributed by atoms with van der Waals surface area (Å²) in [6.07, 6.45) is 4.19. The molecule has 8 heteroatoms. The second-order valence-electron chi connectivity index (χ2n) is 7.12. The van der Waals surface area contributed by atoms with Crippen molar-refractivity contribution in [3.63, 3.8) is 0 Å². The van der Waals surface area contributed by atoms with Crippen LogP contribution >= 0.6 is 0 Å². The van der Waals surface area contributed by atoms with E-state index in [2.05, 4.69) is 15.3 Å². The van der Waals surface area contributed by atoms with Gasteiger partial charge in [-0.25, -0.2) is 4.39 Å². The van der Waals surface area contributed by atoms with Gasteiger partial charge in [0, 0.05) is 29.2 Å². The minimum atomic E-state index is -0.643. The first-order valence-corrected chi connectivity index (χ1v) is 9.98. The Balaban J connectivity index is 1.43. The summed E-state index contributed by atoms with van der Waals surface area (Å²) >= 11 is 0. The fourth-order valence-corrected chi connectivity index (χ4v) is 3.07. The largest absolute Gasteiger partial charge is 0.487 e. The number of ether oxygens (including phenoxy) is 1. The van der Waals surface area contributed by atoms with Gasteiger partial charge in [0.15, 0.2) is 0 Å². The van der Waals surface area contributed by atoms with E-state index in [1.165, 1.54) is 42.9 Å². The van der Waals surface area contributed by atoms with Gasteiger partial charge in [0.25, 0.3) is 5.91 Å². The molecule has 0 fully saturated rings. The third-order valence-corrected chi connectivity index (χ3v) is 4.79. The summed E-state index contributed by atoms with van der Waals surface area (Å²) in [5.41, 5.74) is 8.09. The Morgan fingerprint density at radius 2 is 1.76 bits per heavy atom. The lowest BCUT2D eigenvalue weighted by atomic mass is 10.1. The molecule has 2 aromatic carbocycles. The monoisotopic (exact) mass is 442 g/mol. The van der Waals surface area contributed by atoms with Crippen molar-refractivity contribution in [1.29, 1.82) is 0 Å². The van der Waals surface area contributed by atoms with E-state index < -0.39 is 11.7 Å². The number of benzene rings is 2. The van der Waals surface area contributed by atoms with Gasteiger partial charge in [-0.05, 0) is 36.4 Å². The molecule has 2 aromatic heterocycles. The van der Waals surface area contributed by atoms with E-state index in [4.69, 9.17) is 10.5 Å². The van der Waals surface area contributed by atoms with E-state index in [1.54, 1.807) is 12.1 Å². The van der Waals surface area contributed by atoms with Crippen LogP contribution in [0.1, 0.15) is 26.3 Å². The van der Waals surface area contributed by atoms with Gasteiger partial charge < -0.3 is 15.8 Å². The van der Waals surface area contributed by atoms with Crippen LogP contribution in [-0.2, 0) is 6.61 Å². The molecule has 0 radical (unpaired) electrons. The molecule has 2 amide bonds. The molecule has 0 saturated carbocycles. The molecule has 3 N–H and O–H groups in total. The van der Waals surface area contributed by atoms with E-state index in [0.29, 0.717) is 11.3 Å². The number of primary amides is 1. The maximum absolute atomic E-state index is 14.3. The standard InChI is InChI=1S/C25H19FN4O3/c26-22-8-7-20(10-19(22)15-33-21-11-18(24(27)31)12-28-14-21)30-25(32)17-6-9-23(29-13-17)16-4-2-1-3-5-16/h1-14H,15H2,(H2,27,31)(H,30,32). The minimum absolute atomic E-state index is 0.132. The van der Waals surface area contributed by atoms with Crippen LogP contribution in [0.2, 0.25) is 0 Å². The van der Waals surface area contributed by atoms with Crippen molar-refractivity contribution in [2.75, 3.05) is 5.32 Å². The van der Waals surface area contributed by atoms with E-state index in [9.17, 15) is 14.0 Å². The summed E-state index contributed by atoms with van der Waals surface area (Å²) in [7, 11) is 0. The second kappa shape index (κ2) is 9.69. The van der Waals surface area contributed by atoms with E-state index >= 15 is 0 Å². The summed E-state index contributed by atoms with van der Waals surface area (Å²) in [6, 6.07) is 18.7. The van der Waals surface area contributed by atoms with Crippen LogP contribution in [0, 0.1) is 5.82 Å². The molecule has 7 nitrogen and oxygen atoms in total. The maximum atomic E-state index is 14.3. The fraction of sp³-hybridized carbons (Fsp3) is 0.0400. The Hall–Kier alpha value is -4.59. The number of nitrogens with zero attached hydrogens (tertiary/aromatic N) is 2. The number of rotatable bonds is 7. The lowest BCUT2D eigenvalue weighted by molar-refractivity contribution is 0.0996. The van der Waals surface area contributed by atoms with Gasteiger partial charge >= 0.3 is 0 Å². The topological polar surface area (TPSA) is 107 Å². The van der Waals surface area contributed by atoms with Gasteiger partial charge in [-0.15, -0.1) is 0 Å². The molecule has 2 heterocycles. The Morgan fingerprint density at radius 3 is 2.48 bits per heavy atom. The number of pyridine rings is 2. The van der Waals surface area contributed by atoms with Crippen LogP contribution in [0.3, 0.4) is 0 Å². The number of amides is 2. The number of aromatic nitrogens is 2. The molecule has 4 rings (SSSR count). The van der Waals surface area contributed by atoms with Crippen LogP contribution < -0.4 is 15.8 Å². The Labute approximate surface area is 189 Å². The molecule has 0 aliphatic heterocycles. The molecule has 0 spiro atoms. The smallest absolute Gasteiger partial charge is 0.257 e. The SMILES string of the molecule is NC(=O)c1cncc(OCc2cc(NC(=O)c3ccc(-c4ccccc4)nc3)ccc2F)c1. The molecular formula is C25H19FN4O3. The first-order valence-electron chi connectivity index (χ1n) is 9.98. The van der Waals surface area contributed by atoms with Crippen LogP contribution in [-0.4, -0.2) is 21.8 Å². The summed E-state index contributed by atoms with van der Waals surface area (Å²) in [5.74, 6) is -1.25. The first-order chi connectivity index (χ1) is 16.0. The molecule has 4 aromatic rings. The molecule has 0 aliphatic carbocycles. The maximum Gasteiger partial charge on any atom is 0.257 e. The molecule has 0 aliphatic rings. The molecule has 0 saturated heterocycles. The van der Waals surface area contributed by atoms with E-state index in [-0.39, 0.29) is 29.4 Å². The number of anilines is 1. The number of hydrogen-bond acceptors (Lipinski definition) is 5. The molecule has 33 heavy (non-hydrogen) atoms. The highest BCUT2D eigenvalue weighted by molar-refractivity contribution is 6.04. The number of hydrogen-bond donors (Lipinski definition) is 2. The van der Waals surface area contributed by atoms with Crippen LogP contribution in [0.25, 0.3) is 11.3 Å². The predicted octanol–water partition coefficient (Wildman–Crippen LogP) is 4.21. The van der Waals surface area contributed by atoms with Crippen molar-refractivity contribution in [2.45, 2.75) is 6.61 Å². The summed E-state index contributed by atoms with van der Waals surface area (Å²) in [4.78, 5) is 32.1. The average Bonchev–Trinajstić information content (AvgIpc) is 2.85. The zero-order chi connectivity index (χ0) is 23.2. The highest BCUT2D eigenvalue weighted by Crippen LogP contribution is 2.20. The van der Waals surface area contributed by atoms with Crippen molar-refractivity contribution >= 4 is 17.5 Å². The van der Waals surface area contributed by atoms with Crippen molar-refractivity contribution in [2.24, 2.45) is 5.73 Å². The Kier molecular flexibility index (Phi) is 6.36. The van der Waals surface area contributed by atoms with Gasteiger partial charge in [0.05, 0.1) is 23.0 Å². The number of halogens is 1. The Morgan fingerprint density at radius 1 is 0.939 bits per heavy atom. The summed E-state index contributed by atoms with van der Waals surface area (Å²) < 4.78 is 19.8. The molecule has 164 valence electrons. The van der Waals surface area contributed by atoms with Crippen molar-refractivity contribution in [1.82, 2.24) is 9.97 Å². The fourth-order valence-electron chi connectivity index (χ4n) is 3.07. The van der Waals surface area contributed by atoms with Crippen molar-refractivity contribution in [3.8, 4) is 17.0 Å². The van der Waals surface area contributed by atoms with Gasteiger partial charge in [-0.1, -0.05) is 30.3 Å². The third kappa shape index (κ3) is 5.37. The van der Waals surface area contributed by atoms with Crippen LogP contribution in [0.15, 0.2) is 85.3 Å². The van der Waals surface area contributed by atoms with Crippen molar-refractivity contribution < 1.29 is 18.7 Å². The third-order valence-electron chi connectivity index (χ3n) is 4.79. The molecule has 0 atom stereocenters. The number of carbonyl (C=O) groups is 2.